The van der Waals surface area contributed by atoms with Crippen molar-refractivity contribution in [3.8, 4) is 72.4 Å². The Bertz CT molecular complexity index is 6580. The van der Waals surface area contributed by atoms with Gasteiger partial charge in [-0.05, 0) is 219 Å². The van der Waals surface area contributed by atoms with E-state index in [1.807, 2.05) is 6.07 Å². The fourth-order valence-corrected chi connectivity index (χ4v) is 18.7. The lowest BCUT2D eigenvalue weighted by atomic mass is 9.33. The van der Waals surface area contributed by atoms with Crippen molar-refractivity contribution >= 4 is 79.0 Å². The van der Waals surface area contributed by atoms with Crippen LogP contribution in [-0.2, 0) is 54.1 Å². The Morgan fingerprint density at radius 2 is 0.574 bits per heavy atom. The Morgan fingerprint density at radius 3 is 0.951 bits per heavy atom. The molecule has 0 radical (unpaired) electrons. The van der Waals surface area contributed by atoms with Crippen LogP contribution in [0.1, 0.15) is 270 Å². The Hall–Kier alpha value is -10.7. The van der Waals surface area contributed by atoms with Crippen molar-refractivity contribution in [1.82, 2.24) is 4.57 Å². The van der Waals surface area contributed by atoms with E-state index in [1.54, 1.807) is 0 Å². The maximum Gasteiger partial charge on any atom is 0.252 e. The molecule has 622 valence electrons. The molecule has 2 aliphatic rings. The molecule has 0 saturated heterocycles. The van der Waals surface area contributed by atoms with Crippen LogP contribution in [-0.4, -0.2) is 11.3 Å². The first kappa shape index (κ1) is 78.6. The predicted molar refractivity (Wildman–Crippen MR) is 534 cm³/mol. The first-order chi connectivity index (χ1) is 58.9. The number of rotatable bonds is 9. The van der Waals surface area contributed by atoms with E-state index in [4.69, 9.17) is 1.37 Å². The van der Waals surface area contributed by atoms with E-state index in [9.17, 15) is 5.48 Å². The minimum Gasteiger partial charge on any atom is -0.310 e. The van der Waals surface area contributed by atoms with E-state index in [2.05, 4.69) is 440 Å². The van der Waals surface area contributed by atoms with Gasteiger partial charge in [0.1, 0.15) is 0 Å². The molecule has 0 aliphatic carbocycles. The van der Waals surface area contributed by atoms with Crippen LogP contribution in [0.15, 0.2) is 255 Å². The van der Waals surface area contributed by atoms with Crippen molar-refractivity contribution in [2.45, 2.75) is 262 Å². The van der Waals surface area contributed by atoms with E-state index in [-0.39, 0.29) is 83.9 Å². The van der Waals surface area contributed by atoms with Gasteiger partial charge < -0.3 is 14.4 Å². The fraction of sp³-hybridized carbons (Fsp3) is 0.339. The molecule has 0 unspecified atom stereocenters. The summed E-state index contributed by atoms with van der Waals surface area (Å²) in [6, 6.07) is 85.9. The number of fused-ring (bicyclic) bond motifs is 7. The third-order valence-electron chi connectivity index (χ3n) is 26.2. The second kappa shape index (κ2) is 29.5. The Kier molecular flexibility index (Phi) is 19.0. The maximum atomic E-state index is 9.97. The molecule has 2 aliphatic heterocycles. The molecular weight excluding hydrogens is 1470 g/mol. The topological polar surface area (TPSA) is 11.4 Å². The highest BCUT2D eigenvalue weighted by molar-refractivity contribution is 7.00. The Balaban J connectivity index is 1.20. The molecule has 1 aromatic heterocycles. The zero-order valence-electron chi connectivity index (χ0n) is 83.8. The van der Waals surface area contributed by atoms with E-state index in [1.165, 1.54) is 72.0 Å². The molecule has 4 heteroatoms. The van der Waals surface area contributed by atoms with Crippen LogP contribution < -0.4 is 26.2 Å². The molecular formula is C118H132BN3. The van der Waals surface area contributed by atoms with Crippen molar-refractivity contribution in [3.63, 3.8) is 0 Å². The van der Waals surface area contributed by atoms with E-state index in [0.717, 1.165) is 117 Å². The first-order valence-electron chi connectivity index (χ1n) is 47.1. The van der Waals surface area contributed by atoms with E-state index >= 15 is 0 Å². The summed E-state index contributed by atoms with van der Waals surface area (Å²) in [5.74, 6) is 0. The molecule has 0 spiro atoms. The van der Waals surface area contributed by atoms with Crippen LogP contribution in [0, 0.1) is 0 Å². The highest BCUT2D eigenvalue weighted by atomic mass is 15.2. The summed E-state index contributed by atoms with van der Waals surface area (Å²) in [5.41, 5.74) is 33.8. The molecule has 16 rings (SSSR count). The van der Waals surface area contributed by atoms with Gasteiger partial charge in [-0.1, -0.05) is 414 Å². The average molecular weight is 1610 g/mol. The lowest BCUT2D eigenvalue weighted by Crippen LogP contribution is -2.61. The predicted octanol–water partition coefficient (Wildman–Crippen LogP) is 31.8. The summed E-state index contributed by atoms with van der Waals surface area (Å²) in [5, 5.41) is 2.34. The van der Waals surface area contributed by atoms with Crippen LogP contribution in [0.4, 0.5) is 34.1 Å². The molecule has 13 aromatic carbocycles. The van der Waals surface area contributed by atoms with Crippen molar-refractivity contribution in [3.05, 3.63) is 310 Å². The van der Waals surface area contributed by atoms with Crippen LogP contribution in [0.2, 0.25) is 0 Å². The van der Waals surface area contributed by atoms with Gasteiger partial charge in [-0.15, -0.1) is 0 Å². The van der Waals surface area contributed by atoms with Crippen molar-refractivity contribution in [1.29, 1.82) is 0 Å². The van der Waals surface area contributed by atoms with Gasteiger partial charge in [0, 0.05) is 55.8 Å². The monoisotopic (exact) mass is 1610 g/mol. The third-order valence-corrected chi connectivity index (χ3v) is 26.2. The minimum absolute atomic E-state index is 0.129. The van der Waals surface area contributed by atoms with E-state index in [0.29, 0.717) is 5.56 Å². The summed E-state index contributed by atoms with van der Waals surface area (Å²) >= 11 is 0. The van der Waals surface area contributed by atoms with Gasteiger partial charge in [0.05, 0.1) is 34.9 Å². The van der Waals surface area contributed by atoms with Crippen molar-refractivity contribution in [2.24, 2.45) is 0 Å². The zero-order chi connectivity index (χ0) is 92.1. The molecule has 3 heterocycles. The lowest BCUT2D eigenvalue weighted by Gasteiger charge is -2.46. The molecule has 3 nitrogen and oxygen atoms in total. The summed E-state index contributed by atoms with van der Waals surface area (Å²) in [6.45, 7) is 69.4. The molecule has 14 aromatic rings. The standard InChI is InChI=1S/C118H132BN3/c1-109(2,3)80-51-45-74(46-52-80)89-39-34-41-91(79-63-86(115(19,20)21)68-87(64-79)116(22,23)24)107(89)121-101-65-76(73-37-32-31-33-38-73)49-57-97(101)119-98-58-50-77(78-61-84(113(13,14)15)67-85(62-78)114(16,17)18)66-102(98)122(104-72-88(71-103(121)106(104)119)120-99-59-55-82(111(7,8)9)69-93(99)94-70-83(112(10,11)12)56-60-100(94)120)108-90(75-47-53-81(54-48-75)110(4,5)6)40-35-42-92(108)105-95(117(25,26)27)43-36-44-96(105)118(28,29)30/h31-72H,1-30H3/i31D,32D,33D,37D,38D. The van der Waals surface area contributed by atoms with Gasteiger partial charge in [0.25, 0.3) is 6.71 Å². The maximum absolute atomic E-state index is 9.97. The molecule has 0 atom stereocenters. The normalized spacial score (nSPS) is 14.3. The number of hydrogen-bond acceptors (Lipinski definition) is 2. The highest BCUT2D eigenvalue weighted by Gasteiger charge is 2.47. The number of nitrogens with zero attached hydrogens (tertiary/aromatic N) is 3. The largest absolute Gasteiger partial charge is 0.310 e. The summed E-state index contributed by atoms with van der Waals surface area (Å²) in [4.78, 5) is 5.31. The Morgan fingerprint density at radius 1 is 0.246 bits per heavy atom. The van der Waals surface area contributed by atoms with Crippen LogP contribution >= 0.6 is 0 Å². The van der Waals surface area contributed by atoms with E-state index < -0.39 is 12.8 Å². The Labute approximate surface area is 740 Å². The molecule has 0 N–H and O–H groups in total. The van der Waals surface area contributed by atoms with Gasteiger partial charge >= 0.3 is 0 Å². The smallest absolute Gasteiger partial charge is 0.252 e. The third kappa shape index (κ3) is 15.5. The summed E-state index contributed by atoms with van der Waals surface area (Å²) in [7, 11) is 0. The van der Waals surface area contributed by atoms with Crippen LogP contribution in [0.5, 0.6) is 0 Å². The van der Waals surface area contributed by atoms with Gasteiger partial charge in [-0.2, -0.15) is 0 Å². The zero-order valence-corrected chi connectivity index (χ0v) is 78.8. The summed E-state index contributed by atoms with van der Waals surface area (Å²) in [6.07, 6.45) is 0. The number of hydrogen-bond donors (Lipinski definition) is 0. The fourth-order valence-electron chi connectivity index (χ4n) is 18.7. The number of aromatic nitrogens is 1. The molecule has 0 amide bonds. The van der Waals surface area contributed by atoms with Crippen molar-refractivity contribution in [2.75, 3.05) is 9.80 Å². The van der Waals surface area contributed by atoms with Gasteiger partial charge in [-0.25, -0.2) is 0 Å². The average Bonchev–Trinajstić information content (AvgIpc) is 1.32. The summed E-state index contributed by atoms with van der Waals surface area (Å²) < 4.78 is 50.4. The number of benzene rings is 13. The second-order valence-corrected chi connectivity index (χ2v) is 45.7. The van der Waals surface area contributed by atoms with Crippen molar-refractivity contribution < 1.29 is 6.85 Å². The molecule has 0 saturated carbocycles. The number of para-hydroxylation sites is 2. The molecule has 122 heavy (non-hydrogen) atoms. The SMILES string of the molecule is [2H]c1c([2H])c([2H])c(-c2ccc3c(c2)N(c2c(-c4ccc(C(C)(C)C)cc4)cccc2-c2cc(C(C)(C)C)cc(C(C)(C)C)c2)c2cc(-n4c5ccc(C(C)(C)C)cc5c5cc(C(C)(C)C)ccc54)cc4c2B3c2ccc(-c3cc(C(C)(C)C)cc(C(C)(C)C)c3)cc2N4c2c(-c3ccc(C(C)(C)C)cc3)cccc2-c2c(C(C)(C)C)cccc2C(C)(C)C)c([2H])c1[2H]. The molecule has 0 bridgehead atoms. The quantitative estimate of drug-likeness (QED) is 0.133. The number of anilines is 6. The first-order valence-corrected chi connectivity index (χ1v) is 44.6. The van der Waals surface area contributed by atoms with Crippen LogP contribution in [0.25, 0.3) is 94.3 Å². The molecule has 0 fully saturated rings. The van der Waals surface area contributed by atoms with Gasteiger partial charge in [0.2, 0.25) is 0 Å². The van der Waals surface area contributed by atoms with Gasteiger partial charge in [0.15, 0.2) is 0 Å². The van der Waals surface area contributed by atoms with Crippen LogP contribution in [0.3, 0.4) is 0 Å². The minimum atomic E-state index is -0.500. The van der Waals surface area contributed by atoms with Gasteiger partial charge in [-0.3, -0.25) is 0 Å². The second-order valence-electron chi connectivity index (χ2n) is 45.7. The lowest BCUT2D eigenvalue weighted by molar-refractivity contribution is 0.568. The highest BCUT2D eigenvalue weighted by Crippen LogP contribution is 2.57.